The lowest BCUT2D eigenvalue weighted by atomic mass is 9.76. The van der Waals surface area contributed by atoms with Crippen LogP contribution >= 0.6 is 0 Å². The zero-order chi connectivity index (χ0) is 23.6. The number of hydrogen-bond donors (Lipinski definition) is 2. The molecule has 33 heavy (non-hydrogen) atoms. The van der Waals surface area contributed by atoms with E-state index in [4.69, 9.17) is 9.84 Å². The normalized spacial score (nSPS) is 22.1. The van der Waals surface area contributed by atoms with Crippen molar-refractivity contribution in [3.8, 4) is 11.5 Å². The maximum Gasteiger partial charge on any atom is 0.283 e. The fraction of sp³-hybridized carbons (Fsp3) is 0.520. The van der Waals surface area contributed by atoms with Gasteiger partial charge in [0.05, 0.1) is 18.8 Å². The topological polar surface area (TPSA) is 56.2 Å². The minimum Gasteiger partial charge on any atom is -0.508 e. The molecule has 2 aromatic carbocycles. The summed E-state index contributed by atoms with van der Waals surface area (Å²) in [5.41, 5.74) is 1.73. The fourth-order valence-corrected chi connectivity index (χ4v) is 4.94. The van der Waals surface area contributed by atoms with Crippen molar-refractivity contribution in [2.75, 3.05) is 52.6 Å². The minimum atomic E-state index is -3.23. The first kappa shape index (κ1) is 23.9. The zero-order valence-electron chi connectivity index (χ0n) is 18.8. The highest BCUT2D eigenvalue weighted by molar-refractivity contribution is 5.48. The van der Waals surface area contributed by atoms with Crippen LogP contribution in [0.25, 0.3) is 0 Å². The van der Waals surface area contributed by atoms with Crippen molar-refractivity contribution < 1.29 is 28.1 Å². The average Bonchev–Trinajstić information content (AvgIpc) is 2.77. The molecule has 8 heteroatoms. The first-order chi connectivity index (χ1) is 15.7. The van der Waals surface area contributed by atoms with E-state index in [1.165, 1.54) is 0 Å². The van der Waals surface area contributed by atoms with E-state index in [0.29, 0.717) is 25.3 Å². The lowest BCUT2D eigenvalue weighted by Gasteiger charge is -2.47. The van der Waals surface area contributed by atoms with Crippen molar-refractivity contribution in [2.45, 2.75) is 24.8 Å². The molecule has 1 fully saturated rings. The lowest BCUT2D eigenvalue weighted by molar-refractivity contribution is -0.0893. The van der Waals surface area contributed by atoms with Crippen molar-refractivity contribution in [2.24, 2.45) is 5.92 Å². The summed E-state index contributed by atoms with van der Waals surface area (Å²) < 4.78 is 46.8. The van der Waals surface area contributed by atoms with E-state index in [2.05, 4.69) is 4.90 Å². The van der Waals surface area contributed by atoms with Gasteiger partial charge >= 0.3 is 0 Å². The van der Waals surface area contributed by atoms with Crippen LogP contribution in [-0.2, 0) is 12.0 Å². The highest BCUT2D eigenvalue weighted by Crippen LogP contribution is 2.43. The van der Waals surface area contributed by atoms with Gasteiger partial charge in [0.1, 0.15) is 24.7 Å². The number of aliphatic hydroxyl groups excluding tert-OH is 1. The molecule has 0 spiro atoms. The van der Waals surface area contributed by atoms with Crippen LogP contribution in [0.2, 0.25) is 0 Å². The molecule has 2 N–H and O–H groups in total. The number of alkyl halides is 3. The van der Waals surface area contributed by atoms with Gasteiger partial charge in [0.2, 0.25) is 0 Å². The van der Waals surface area contributed by atoms with E-state index in [-0.39, 0.29) is 18.3 Å². The molecule has 4 rings (SSSR count). The minimum absolute atomic E-state index is 0.145. The van der Waals surface area contributed by atoms with Gasteiger partial charge in [-0.15, -0.1) is 0 Å². The van der Waals surface area contributed by atoms with Crippen molar-refractivity contribution in [3.05, 3.63) is 59.2 Å². The molecule has 0 unspecified atom stereocenters. The molecule has 2 aliphatic heterocycles. The number of fused-ring (bicyclic) bond motifs is 1. The number of hydrogen-bond acceptors (Lipinski definition) is 5. The van der Waals surface area contributed by atoms with Crippen molar-refractivity contribution >= 4 is 0 Å². The second kappa shape index (κ2) is 9.52. The Balaban J connectivity index is 1.53. The Labute approximate surface area is 192 Å². The molecule has 0 amide bonds. The number of aromatic hydroxyl groups is 1. The smallest absolute Gasteiger partial charge is 0.283 e. The molecule has 180 valence electrons. The fourth-order valence-electron chi connectivity index (χ4n) is 4.94. The van der Waals surface area contributed by atoms with Gasteiger partial charge in [-0.05, 0) is 54.3 Å². The Morgan fingerprint density at radius 3 is 2.55 bits per heavy atom. The van der Waals surface area contributed by atoms with Gasteiger partial charge in [-0.25, -0.2) is 8.78 Å². The van der Waals surface area contributed by atoms with Gasteiger partial charge in [-0.1, -0.05) is 18.2 Å². The predicted molar refractivity (Wildman–Crippen MR) is 120 cm³/mol. The first-order valence-corrected chi connectivity index (χ1v) is 11.3. The molecule has 0 radical (unpaired) electrons. The standard InChI is InChI=1S/C25H31F3N2O3/c1-24(20-2-5-22(6-3-20)33-11-10-29-14-18(13-26)15-29)23-7-4-21(32)12-19(23)8-9-30(24)16-25(27,28)17-31/h2-7,12,18,31-32H,8-11,13-17H2,1H3/t24-/m1/s1. The quantitative estimate of drug-likeness (QED) is 0.596. The number of phenolic OH excluding ortho intramolecular Hbond substituents is 1. The van der Waals surface area contributed by atoms with E-state index >= 15 is 0 Å². The van der Waals surface area contributed by atoms with Crippen LogP contribution in [0.15, 0.2) is 42.5 Å². The van der Waals surface area contributed by atoms with Crippen LogP contribution in [0.1, 0.15) is 23.6 Å². The highest BCUT2D eigenvalue weighted by atomic mass is 19.3. The summed E-state index contributed by atoms with van der Waals surface area (Å²) in [6.07, 6.45) is 0.530. The van der Waals surface area contributed by atoms with Crippen molar-refractivity contribution in [1.29, 1.82) is 0 Å². The second-order valence-electron chi connectivity index (χ2n) is 9.25. The monoisotopic (exact) mass is 464 g/mol. The summed E-state index contributed by atoms with van der Waals surface area (Å²) in [6, 6.07) is 12.5. The summed E-state index contributed by atoms with van der Waals surface area (Å²) in [6.45, 7) is 2.96. The molecule has 0 aliphatic carbocycles. The van der Waals surface area contributed by atoms with E-state index in [1.807, 2.05) is 31.2 Å². The van der Waals surface area contributed by atoms with Gasteiger partial charge in [0.15, 0.2) is 0 Å². The van der Waals surface area contributed by atoms with Gasteiger partial charge in [-0.3, -0.25) is 14.2 Å². The first-order valence-electron chi connectivity index (χ1n) is 11.3. The Morgan fingerprint density at radius 2 is 1.88 bits per heavy atom. The third-order valence-corrected chi connectivity index (χ3v) is 6.89. The summed E-state index contributed by atoms with van der Waals surface area (Å²) in [5.74, 6) is -2.25. The molecule has 1 saturated heterocycles. The molecule has 0 saturated carbocycles. The number of aliphatic hydroxyl groups is 1. The van der Waals surface area contributed by atoms with E-state index in [9.17, 15) is 18.3 Å². The molecule has 2 aromatic rings. The Kier molecular flexibility index (Phi) is 6.88. The third-order valence-electron chi connectivity index (χ3n) is 6.89. The summed E-state index contributed by atoms with van der Waals surface area (Å²) in [4.78, 5) is 3.84. The predicted octanol–water partition coefficient (Wildman–Crippen LogP) is 3.42. The summed E-state index contributed by atoms with van der Waals surface area (Å²) >= 11 is 0. The molecule has 2 aliphatic rings. The van der Waals surface area contributed by atoms with Crippen LogP contribution < -0.4 is 4.74 Å². The SMILES string of the molecule is C[C@@]1(c2ccc(OCCN3CC(CF)C3)cc2)c2ccc(O)cc2CCN1CC(F)(F)CO. The largest absolute Gasteiger partial charge is 0.508 e. The summed E-state index contributed by atoms with van der Waals surface area (Å²) in [7, 11) is 0. The van der Waals surface area contributed by atoms with Crippen molar-refractivity contribution in [3.63, 3.8) is 0 Å². The third kappa shape index (κ3) is 4.98. The molecule has 2 heterocycles. The number of likely N-dealkylation sites (tertiary alicyclic amines) is 1. The molecule has 5 nitrogen and oxygen atoms in total. The Bertz CT molecular complexity index is 950. The number of halogens is 3. The maximum absolute atomic E-state index is 14.2. The Morgan fingerprint density at radius 1 is 1.15 bits per heavy atom. The molecular weight excluding hydrogens is 433 g/mol. The number of nitrogens with zero attached hydrogens (tertiary/aromatic N) is 2. The number of ether oxygens (including phenoxy) is 1. The number of rotatable bonds is 9. The van der Waals surface area contributed by atoms with E-state index in [1.54, 1.807) is 23.1 Å². The van der Waals surface area contributed by atoms with Crippen molar-refractivity contribution in [1.82, 2.24) is 9.80 Å². The zero-order valence-corrected chi connectivity index (χ0v) is 18.8. The lowest BCUT2D eigenvalue weighted by Crippen LogP contribution is -2.54. The van der Waals surface area contributed by atoms with Gasteiger partial charge in [0, 0.05) is 32.1 Å². The van der Waals surface area contributed by atoms with Gasteiger partial charge in [0.25, 0.3) is 5.92 Å². The number of benzene rings is 2. The molecule has 0 bridgehead atoms. The van der Waals surface area contributed by atoms with Crippen LogP contribution in [-0.4, -0.2) is 78.5 Å². The van der Waals surface area contributed by atoms with Crippen LogP contribution in [0.5, 0.6) is 11.5 Å². The van der Waals surface area contributed by atoms with Gasteiger partial charge in [-0.2, -0.15) is 0 Å². The average molecular weight is 465 g/mol. The second-order valence-corrected chi connectivity index (χ2v) is 9.25. The van der Waals surface area contributed by atoms with E-state index < -0.39 is 24.6 Å². The Hall–Kier alpha value is -2.29. The van der Waals surface area contributed by atoms with Crippen LogP contribution in [0.3, 0.4) is 0 Å². The molecule has 1 atom stereocenters. The summed E-state index contributed by atoms with van der Waals surface area (Å²) in [5, 5.41) is 19.1. The van der Waals surface area contributed by atoms with Crippen LogP contribution in [0, 0.1) is 5.92 Å². The maximum atomic E-state index is 14.2. The van der Waals surface area contributed by atoms with Crippen LogP contribution in [0.4, 0.5) is 13.2 Å². The van der Waals surface area contributed by atoms with E-state index in [0.717, 1.165) is 36.3 Å². The molecular formula is C25H31F3N2O3. The molecule has 0 aromatic heterocycles. The van der Waals surface area contributed by atoms with Gasteiger partial charge < -0.3 is 14.9 Å². The number of phenols is 1. The highest BCUT2D eigenvalue weighted by Gasteiger charge is 2.44.